The Labute approximate surface area is 149 Å². The van der Waals surface area contributed by atoms with Crippen molar-refractivity contribution in [3.63, 3.8) is 0 Å². The number of ether oxygens (including phenoxy) is 1. The third-order valence-corrected chi connectivity index (χ3v) is 3.89. The van der Waals surface area contributed by atoms with Gasteiger partial charge >= 0.3 is 6.01 Å². The van der Waals surface area contributed by atoms with Crippen LogP contribution in [-0.2, 0) is 6.42 Å². The number of nitrogens with zero attached hydrogens (tertiary/aromatic N) is 6. The van der Waals surface area contributed by atoms with Crippen LogP contribution in [0.15, 0.2) is 61.3 Å². The van der Waals surface area contributed by atoms with Gasteiger partial charge in [-0.2, -0.15) is 10.2 Å². The number of imidazole rings is 1. The molecule has 0 fully saturated rings. The van der Waals surface area contributed by atoms with E-state index in [1.54, 1.807) is 23.3 Å². The minimum Gasteiger partial charge on any atom is -0.463 e. The van der Waals surface area contributed by atoms with Crippen molar-refractivity contribution in [3.8, 4) is 17.9 Å². The molecule has 0 N–H and O–H groups in total. The minimum absolute atomic E-state index is 0.223. The Kier molecular flexibility index (Phi) is 4.23. The van der Waals surface area contributed by atoms with Crippen molar-refractivity contribution in [2.24, 2.45) is 0 Å². The third-order valence-electron chi connectivity index (χ3n) is 3.89. The van der Waals surface area contributed by atoms with E-state index >= 15 is 0 Å². The lowest BCUT2D eigenvalue weighted by molar-refractivity contribution is 0.295. The highest BCUT2D eigenvalue weighted by Gasteiger charge is 2.13. The number of nitriles is 1. The van der Waals surface area contributed by atoms with Gasteiger partial charge in [0.2, 0.25) is 0 Å². The molecule has 0 spiro atoms. The van der Waals surface area contributed by atoms with Gasteiger partial charge in [-0.05, 0) is 23.8 Å². The Balaban J connectivity index is 1.61. The molecule has 3 aromatic heterocycles. The Morgan fingerprint density at radius 1 is 1.08 bits per heavy atom. The second kappa shape index (κ2) is 6.99. The average Bonchev–Trinajstić information content (AvgIpc) is 3.13. The third kappa shape index (κ3) is 3.08. The molecule has 3 heterocycles. The second-order valence-corrected chi connectivity index (χ2v) is 5.56. The number of hydrogen-bond donors (Lipinski definition) is 0. The van der Waals surface area contributed by atoms with Crippen LogP contribution < -0.4 is 4.74 Å². The highest BCUT2D eigenvalue weighted by Crippen LogP contribution is 2.20. The van der Waals surface area contributed by atoms with Gasteiger partial charge in [-0.3, -0.25) is 9.55 Å². The van der Waals surface area contributed by atoms with Crippen molar-refractivity contribution in [1.82, 2.24) is 24.5 Å². The molecule has 1 aromatic carbocycles. The molecule has 0 radical (unpaired) electrons. The number of pyridine rings is 1. The van der Waals surface area contributed by atoms with E-state index in [2.05, 4.69) is 26.0 Å². The number of para-hydroxylation sites is 2. The number of rotatable bonds is 5. The first-order valence-electron chi connectivity index (χ1n) is 8.06. The van der Waals surface area contributed by atoms with Crippen molar-refractivity contribution >= 4 is 11.0 Å². The van der Waals surface area contributed by atoms with Crippen LogP contribution in [0.4, 0.5) is 0 Å². The molecule has 0 saturated heterocycles. The van der Waals surface area contributed by atoms with E-state index in [0.29, 0.717) is 24.4 Å². The van der Waals surface area contributed by atoms with Gasteiger partial charge < -0.3 is 4.74 Å². The minimum atomic E-state index is 0.223. The summed E-state index contributed by atoms with van der Waals surface area (Å²) >= 11 is 0. The fraction of sp³-hybridized carbons (Fsp3) is 0.105. The van der Waals surface area contributed by atoms with Gasteiger partial charge in [-0.15, -0.1) is 0 Å². The van der Waals surface area contributed by atoms with Gasteiger partial charge in [0.25, 0.3) is 0 Å². The van der Waals surface area contributed by atoms with Crippen LogP contribution in [-0.4, -0.2) is 31.1 Å². The predicted molar refractivity (Wildman–Crippen MR) is 94.8 cm³/mol. The Bertz CT molecular complexity index is 1080. The molecule has 7 heteroatoms. The number of aromatic nitrogens is 5. The molecule has 0 unspecified atom stereocenters. The molecular formula is C19H14N6O. The summed E-state index contributed by atoms with van der Waals surface area (Å²) in [5.74, 6) is 0.451. The second-order valence-electron chi connectivity index (χ2n) is 5.56. The fourth-order valence-electron chi connectivity index (χ4n) is 2.62. The largest absolute Gasteiger partial charge is 0.463 e. The topological polar surface area (TPSA) is 89.5 Å². The molecule has 0 aliphatic rings. The maximum atomic E-state index is 9.39. The fourth-order valence-corrected chi connectivity index (χ4v) is 2.62. The standard InChI is InChI=1S/C19H14N6O/c20-10-15-12-22-19(26-9-7-14-4-3-8-21-11-14)24-18(15)25-13-23-16-5-1-2-6-17(16)25/h1-6,8,11-13H,7,9H2. The van der Waals surface area contributed by atoms with E-state index in [1.165, 1.54) is 6.20 Å². The van der Waals surface area contributed by atoms with Gasteiger partial charge in [-0.1, -0.05) is 18.2 Å². The summed E-state index contributed by atoms with van der Waals surface area (Å²) < 4.78 is 7.43. The maximum absolute atomic E-state index is 9.39. The lowest BCUT2D eigenvalue weighted by atomic mass is 10.2. The van der Waals surface area contributed by atoms with Gasteiger partial charge in [0.1, 0.15) is 18.0 Å². The summed E-state index contributed by atoms with van der Waals surface area (Å²) in [5, 5.41) is 9.39. The first-order valence-corrected chi connectivity index (χ1v) is 8.06. The molecule has 4 rings (SSSR count). The van der Waals surface area contributed by atoms with Crippen LogP contribution in [0.5, 0.6) is 6.01 Å². The van der Waals surface area contributed by atoms with Crippen LogP contribution in [0.25, 0.3) is 16.9 Å². The van der Waals surface area contributed by atoms with Crippen LogP contribution in [0.2, 0.25) is 0 Å². The van der Waals surface area contributed by atoms with E-state index in [-0.39, 0.29) is 6.01 Å². The monoisotopic (exact) mass is 342 g/mol. The molecule has 0 atom stereocenters. The van der Waals surface area contributed by atoms with Gasteiger partial charge in [-0.25, -0.2) is 9.97 Å². The summed E-state index contributed by atoms with van der Waals surface area (Å²) in [6.45, 7) is 0.418. The van der Waals surface area contributed by atoms with Crippen LogP contribution >= 0.6 is 0 Å². The summed E-state index contributed by atoms with van der Waals surface area (Å²) in [5.41, 5.74) is 3.12. The predicted octanol–water partition coefficient (Wildman–Crippen LogP) is 2.70. The van der Waals surface area contributed by atoms with E-state index in [0.717, 1.165) is 16.6 Å². The van der Waals surface area contributed by atoms with Crippen molar-refractivity contribution in [2.75, 3.05) is 6.61 Å². The SMILES string of the molecule is N#Cc1cnc(OCCc2cccnc2)nc1-n1cnc2ccccc21. The zero-order chi connectivity index (χ0) is 17.8. The first-order chi connectivity index (χ1) is 12.8. The van der Waals surface area contributed by atoms with Gasteiger partial charge in [0, 0.05) is 18.8 Å². The van der Waals surface area contributed by atoms with Crippen LogP contribution in [0, 0.1) is 11.3 Å². The van der Waals surface area contributed by atoms with E-state index in [1.807, 2.05) is 36.4 Å². The first kappa shape index (κ1) is 15.7. The summed E-state index contributed by atoms with van der Waals surface area (Å²) in [6, 6.07) is 13.9. The lowest BCUT2D eigenvalue weighted by Gasteiger charge is -2.08. The molecule has 0 saturated carbocycles. The number of fused-ring (bicyclic) bond motifs is 1. The normalized spacial score (nSPS) is 10.6. The summed E-state index contributed by atoms with van der Waals surface area (Å²) in [6.07, 6.45) is 7.34. The summed E-state index contributed by atoms with van der Waals surface area (Å²) in [7, 11) is 0. The molecule has 126 valence electrons. The Hall–Kier alpha value is -3.79. The smallest absolute Gasteiger partial charge is 0.318 e. The molecule has 0 bridgehead atoms. The van der Waals surface area contributed by atoms with E-state index in [4.69, 9.17) is 4.74 Å². The van der Waals surface area contributed by atoms with Crippen molar-refractivity contribution in [3.05, 3.63) is 72.4 Å². The van der Waals surface area contributed by atoms with Crippen molar-refractivity contribution in [2.45, 2.75) is 6.42 Å². The molecular weight excluding hydrogens is 328 g/mol. The zero-order valence-electron chi connectivity index (χ0n) is 13.8. The molecule has 7 nitrogen and oxygen atoms in total. The Morgan fingerprint density at radius 2 is 2.00 bits per heavy atom. The average molecular weight is 342 g/mol. The summed E-state index contributed by atoms with van der Waals surface area (Å²) in [4.78, 5) is 17.0. The lowest BCUT2D eigenvalue weighted by Crippen LogP contribution is -2.08. The van der Waals surface area contributed by atoms with Gasteiger partial charge in [0.05, 0.1) is 23.8 Å². The number of benzene rings is 1. The highest BCUT2D eigenvalue weighted by molar-refractivity contribution is 5.77. The molecule has 4 aromatic rings. The maximum Gasteiger partial charge on any atom is 0.318 e. The molecule has 26 heavy (non-hydrogen) atoms. The van der Waals surface area contributed by atoms with Crippen LogP contribution in [0.1, 0.15) is 11.1 Å². The molecule has 0 aliphatic heterocycles. The van der Waals surface area contributed by atoms with Crippen molar-refractivity contribution in [1.29, 1.82) is 5.26 Å². The Morgan fingerprint density at radius 3 is 2.85 bits per heavy atom. The number of hydrogen-bond acceptors (Lipinski definition) is 6. The zero-order valence-corrected chi connectivity index (χ0v) is 13.8. The molecule has 0 aliphatic carbocycles. The van der Waals surface area contributed by atoms with Crippen LogP contribution in [0.3, 0.4) is 0 Å². The highest BCUT2D eigenvalue weighted by atomic mass is 16.5. The van der Waals surface area contributed by atoms with Crippen molar-refractivity contribution < 1.29 is 4.74 Å². The van der Waals surface area contributed by atoms with E-state index < -0.39 is 0 Å². The van der Waals surface area contributed by atoms with Gasteiger partial charge in [0.15, 0.2) is 5.82 Å². The quantitative estimate of drug-likeness (QED) is 0.554. The molecule has 0 amide bonds. The van der Waals surface area contributed by atoms with E-state index in [9.17, 15) is 5.26 Å².